The van der Waals surface area contributed by atoms with Gasteiger partial charge in [-0.15, -0.1) is 0 Å². The van der Waals surface area contributed by atoms with Gasteiger partial charge in [0, 0.05) is 5.02 Å². The number of halogens is 2. The number of rotatable bonds is 5. The zero-order valence-electron chi connectivity index (χ0n) is 10.1. The first kappa shape index (κ1) is 13.8. The molecular formula is C14H14ClFN2O. The highest BCUT2D eigenvalue weighted by Gasteiger charge is 2.11. The molecule has 0 spiro atoms. The maximum Gasteiger partial charge on any atom is 0.123 e. The van der Waals surface area contributed by atoms with E-state index in [4.69, 9.17) is 22.2 Å². The SMILES string of the molecule is NNC(COc1ccc(Cl)cc1)c1cccc(F)c1. The molecule has 0 aliphatic carbocycles. The molecule has 3 N–H and O–H groups in total. The monoisotopic (exact) mass is 280 g/mol. The van der Waals surface area contributed by atoms with Crippen LogP contribution in [0.1, 0.15) is 11.6 Å². The summed E-state index contributed by atoms with van der Waals surface area (Å²) in [7, 11) is 0. The molecule has 0 aliphatic rings. The summed E-state index contributed by atoms with van der Waals surface area (Å²) in [5, 5.41) is 0.644. The van der Waals surface area contributed by atoms with Crippen molar-refractivity contribution < 1.29 is 9.13 Å². The van der Waals surface area contributed by atoms with E-state index in [-0.39, 0.29) is 11.9 Å². The van der Waals surface area contributed by atoms with Crippen LogP contribution in [-0.4, -0.2) is 6.61 Å². The molecule has 100 valence electrons. The number of nitrogens with two attached hydrogens (primary N) is 1. The van der Waals surface area contributed by atoms with E-state index in [0.29, 0.717) is 17.4 Å². The Morgan fingerprint density at radius 2 is 1.95 bits per heavy atom. The molecule has 0 bridgehead atoms. The van der Waals surface area contributed by atoms with Crippen molar-refractivity contribution in [3.05, 3.63) is 64.9 Å². The van der Waals surface area contributed by atoms with Crippen molar-refractivity contribution in [1.82, 2.24) is 5.43 Å². The first-order chi connectivity index (χ1) is 9.19. The highest BCUT2D eigenvalue weighted by Crippen LogP contribution is 2.18. The Morgan fingerprint density at radius 1 is 1.21 bits per heavy atom. The zero-order chi connectivity index (χ0) is 13.7. The van der Waals surface area contributed by atoms with Gasteiger partial charge in [0.15, 0.2) is 0 Å². The third-order valence-corrected chi connectivity index (χ3v) is 2.93. The van der Waals surface area contributed by atoms with E-state index in [1.165, 1.54) is 12.1 Å². The van der Waals surface area contributed by atoms with Crippen LogP contribution in [-0.2, 0) is 0 Å². The van der Waals surface area contributed by atoms with Crippen LogP contribution >= 0.6 is 11.6 Å². The molecule has 2 aromatic rings. The number of benzene rings is 2. The molecule has 0 heterocycles. The van der Waals surface area contributed by atoms with Gasteiger partial charge in [0.05, 0.1) is 6.04 Å². The predicted octanol–water partition coefficient (Wildman–Crippen LogP) is 3.06. The predicted molar refractivity (Wildman–Crippen MR) is 73.4 cm³/mol. The molecular weight excluding hydrogens is 267 g/mol. The van der Waals surface area contributed by atoms with E-state index < -0.39 is 0 Å². The van der Waals surface area contributed by atoms with E-state index in [1.807, 2.05) is 0 Å². The van der Waals surface area contributed by atoms with Gasteiger partial charge >= 0.3 is 0 Å². The van der Waals surface area contributed by atoms with Gasteiger partial charge in [0.2, 0.25) is 0 Å². The Bertz CT molecular complexity index is 533. The van der Waals surface area contributed by atoms with Gasteiger partial charge in [-0.1, -0.05) is 23.7 Å². The third kappa shape index (κ3) is 3.92. The van der Waals surface area contributed by atoms with Crippen molar-refractivity contribution >= 4 is 11.6 Å². The van der Waals surface area contributed by atoms with Crippen LogP contribution in [0.25, 0.3) is 0 Å². The Labute approximate surface area is 116 Å². The lowest BCUT2D eigenvalue weighted by molar-refractivity contribution is 0.267. The smallest absolute Gasteiger partial charge is 0.123 e. The molecule has 1 unspecified atom stereocenters. The van der Waals surface area contributed by atoms with Gasteiger partial charge in [0.1, 0.15) is 18.2 Å². The molecule has 2 aromatic carbocycles. The van der Waals surface area contributed by atoms with Crippen molar-refractivity contribution in [1.29, 1.82) is 0 Å². The summed E-state index contributed by atoms with van der Waals surface area (Å²) in [6.07, 6.45) is 0. The molecule has 19 heavy (non-hydrogen) atoms. The second kappa shape index (κ2) is 6.52. The van der Waals surface area contributed by atoms with Crippen molar-refractivity contribution in [2.45, 2.75) is 6.04 Å². The van der Waals surface area contributed by atoms with Crippen LogP contribution < -0.4 is 16.0 Å². The first-order valence-corrected chi connectivity index (χ1v) is 6.17. The Hall–Kier alpha value is -1.62. The number of hydrogen-bond acceptors (Lipinski definition) is 3. The summed E-state index contributed by atoms with van der Waals surface area (Å²) >= 11 is 5.79. The molecule has 2 rings (SSSR count). The van der Waals surface area contributed by atoms with E-state index in [2.05, 4.69) is 5.43 Å². The molecule has 0 aliphatic heterocycles. The van der Waals surface area contributed by atoms with Crippen molar-refractivity contribution in [2.75, 3.05) is 6.61 Å². The third-order valence-electron chi connectivity index (χ3n) is 2.68. The van der Waals surface area contributed by atoms with Crippen LogP contribution in [0.15, 0.2) is 48.5 Å². The second-order valence-corrected chi connectivity index (χ2v) is 4.48. The largest absolute Gasteiger partial charge is 0.492 e. The van der Waals surface area contributed by atoms with Gasteiger partial charge in [-0.3, -0.25) is 5.84 Å². The lowest BCUT2D eigenvalue weighted by atomic mass is 10.1. The molecule has 1 atom stereocenters. The fraction of sp³-hybridized carbons (Fsp3) is 0.143. The Morgan fingerprint density at radius 3 is 2.58 bits per heavy atom. The average Bonchev–Trinajstić information content (AvgIpc) is 2.42. The highest BCUT2D eigenvalue weighted by atomic mass is 35.5. The summed E-state index contributed by atoms with van der Waals surface area (Å²) in [5.74, 6) is 5.85. The van der Waals surface area contributed by atoms with Crippen LogP contribution in [0.5, 0.6) is 5.75 Å². The minimum atomic E-state index is -0.302. The van der Waals surface area contributed by atoms with E-state index in [0.717, 1.165) is 5.56 Å². The summed E-state index contributed by atoms with van der Waals surface area (Å²) in [5.41, 5.74) is 3.34. The van der Waals surface area contributed by atoms with Crippen molar-refractivity contribution in [3.63, 3.8) is 0 Å². The van der Waals surface area contributed by atoms with Crippen LogP contribution in [0.3, 0.4) is 0 Å². The topological polar surface area (TPSA) is 47.3 Å². The molecule has 5 heteroatoms. The minimum Gasteiger partial charge on any atom is -0.492 e. The molecule has 0 aromatic heterocycles. The quantitative estimate of drug-likeness (QED) is 0.654. The number of ether oxygens (including phenoxy) is 1. The Kier molecular flexibility index (Phi) is 4.74. The average molecular weight is 281 g/mol. The number of nitrogens with one attached hydrogen (secondary N) is 1. The highest BCUT2D eigenvalue weighted by molar-refractivity contribution is 6.30. The number of hydrogen-bond donors (Lipinski definition) is 2. The molecule has 0 radical (unpaired) electrons. The first-order valence-electron chi connectivity index (χ1n) is 5.79. The normalized spacial score (nSPS) is 12.2. The lowest BCUT2D eigenvalue weighted by Gasteiger charge is -2.17. The van der Waals surface area contributed by atoms with E-state index >= 15 is 0 Å². The second-order valence-electron chi connectivity index (χ2n) is 4.04. The fourth-order valence-corrected chi connectivity index (χ4v) is 1.80. The van der Waals surface area contributed by atoms with Crippen LogP contribution in [0.2, 0.25) is 5.02 Å². The fourth-order valence-electron chi connectivity index (χ4n) is 1.67. The zero-order valence-corrected chi connectivity index (χ0v) is 10.9. The number of hydrazine groups is 1. The van der Waals surface area contributed by atoms with E-state index in [1.54, 1.807) is 36.4 Å². The molecule has 0 saturated carbocycles. The minimum absolute atomic E-state index is 0.286. The van der Waals surface area contributed by atoms with Gasteiger partial charge in [-0.25, -0.2) is 9.82 Å². The molecule has 0 saturated heterocycles. The Balaban J connectivity index is 2.01. The van der Waals surface area contributed by atoms with Crippen molar-refractivity contribution in [2.24, 2.45) is 5.84 Å². The van der Waals surface area contributed by atoms with Gasteiger partial charge < -0.3 is 4.74 Å². The maximum absolute atomic E-state index is 13.1. The molecule has 0 fully saturated rings. The van der Waals surface area contributed by atoms with Crippen LogP contribution in [0.4, 0.5) is 4.39 Å². The van der Waals surface area contributed by atoms with Gasteiger partial charge in [0.25, 0.3) is 0 Å². The molecule has 3 nitrogen and oxygen atoms in total. The summed E-state index contributed by atoms with van der Waals surface area (Å²) in [4.78, 5) is 0. The molecule has 0 amide bonds. The summed E-state index contributed by atoms with van der Waals surface area (Å²) < 4.78 is 18.7. The van der Waals surface area contributed by atoms with Gasteiger partial charge in [-0.05, 0) is 42.0 Å². The maximum atomic E-state index is 13.1. The standard InChI is InChI=1S/C14H14ClFN2O/c15-11-4-6-13(7-5-11)19-9-14(18-17)10-2-1-3-12(16)8-10/h1-8,14,18H,9,17H2. The van der Waals surface area contributed by atoms with Crippen LogP contribution in [0, 0.1) is 5.82 Å². The lowest BCUT2D eigenvalue weighted by Crippen LogP contribution is -2.32. The van der Waals surface area contributed by atoms with Crippen molar-refractivity contribution in [3.8, 4) is 5.75 Å². The van der Waals surface area contributed by atoms with Gasteiger partial charge in [-0.2, -0.15) is 0 Å². The van der Waals surface area contributed by atoms with E-state index in [9.17, 15) is 4.39 Å². The summed E-state index contributed by atoms with van der Waals surface area (Å²) in [6, 6.07) is 13.0. The summed E-state index contributed by atoms with van der Waals surface area (Å²) in [6.45, 7) is 0.293.